The molecule has 0 amide bonds. The highest BCUT2D eigenvalue weighted by atomic mass is 32.2. The summed E-state index contributed by atoms with van der Waals surface area (Å²) in [6.45, 7) is 0. The number of rotatable bonds is 7. The molecule has 0 aliphatic rings. The number of carboxylic acid groups (broad SMARTS) is 1. The number of hydrogen-bond acceptors (Lipinski definition) is 6. The van der Waals surface area contributed by atoms with Gasteiger partial charge >= 0.3 is 5.97 Å². The maximum Gasteiger partial charge on any atom is 0.335 e. The molecule has 0 aliphatic heterocycles. The van der Waals surface area contributed by atoms with Crippen LogP contribution in [0.25, 0.3) is 32.5 Å². The first-order valence-electron chi connectivity index (χ1n) is 10.5. The number of aromatic nitrogens is 1. The molecule has 5 nitrogen and oxygen atoms in total. The molecular formula is C27H20N2O3S2. The first-order chi connectivity index (χ1) is 16.6. The van der Waals surface area contributed by atoms with Crippen molar-refractivity contribution in [2.24, 2.45) is 0 Å². The average Bonchev–Trinajstić information content (AvgIpc) is 3.36. The molecule has 5 rings (SSSR count). The van der Waals surface area contributed by atoms with E-state index in [1.807, 2.05) is 5.38 Å². The number of ether oxygens (including phenoxy) is 1. The van der Waals surface area contributed by atoms with Crippen LogP contribution in [0.2, 0.25) is 0 Å². The zero-order valence-electron chi connectivity index (χ0n) is 18.2. The first kappa shape index (κ1) is 22.0. The summed E-state index contributed by atoms with van der Waals surface area (Å²) < 4.78 is 8.51. The monoisotopic (exact) mass is 484 g/mol. The number of carboxylic acids is 1. The SMILES string of the molecule is COc1cc(C(=O)O)ccc1NSc1csc(-c2ccc(-c3ccc4ccccc4c3)cc2)n1. The number of methoxy groups -OCH3 is 1. The van der Waals surface area contributed by atoms with Crippen molar-refractivity contribution < 1.29 is 14.6 Å². The molecule has 1 aromatic heterocycles. The molecule has 0 spiro atoms. The minimum Gasteiger partial charge on any atom is -0.495 e. The molecule has 0 saturated carbocycles. The van der Waals surface area contributed by atoms with E-state index in [1.165, 1.54) is 53.1 Å². The van der Waals surface area contributed by atoms with Crippen LogP contribution in [0.3, 0.4) is 0 Å². The highest BCUT2D eigenvalue weighted by Gasteiger charge is 2.11. The highest BCUT2D eigenvalue weighted by Crippen LogP contribution is 2.34. The Bertz CT molecular complexity index is 1480. The number of fused-ring (bicyclic) bond motifs is 1. The summed E-state index contributed by atoms with van der Waals surface area (Å²) in [6.07, 6.45) is 0. The van der Waals surface area contributed by atoms with Gasteiger partial charge in [-0.1, -0.05) is 60.7 Å². The van der Waals surface area contributed by atoms with Crippen molar-refractivity contribution in [2.75, 3.05) is 11.8 Å². The number of nitrogens with zero attached hydrogens (tertiary/aromatic N) is 1. The van der Waals surface area contributed by atoms with E-state index in [1.54, 1.807) is 17.4 Å². The molecule has 168 valence electrons. The Kier molecular flexibility index (Phi) is 6.20. The fourth-order valence-corrected chi connectivity index (χ4v) is 5.23. The molecule has 0 radical (unpaired) electrons. The fraction of sp³-hybridized carbons (Fsp3) is 0.0370. The van der Waals surface area contributed by atoms with Gasteiger partial charge in [0.05, 0.1) is 18.4 Å². The van der Waals surface area contributed by atoms with Gasteiger partial charge in [-0.3, -0.25) is 0 Å². The topological polar surface area (TPSA) is 71.5 Å². The number of anilines is 1. The summed E-state index contributed by atoms with van der Waals surface area (Å²) in [5, 5.41) is 15.4. The molecule has 0 aliphatic carbocycles. The molecule has 2 N–H and O–H groups in total. The molecule has 34 heavy (non-hydrogen) atoms. The zero-order chi connectivity index (χ0) is 23.5. The fourth-order valence-electron chi connectivity index (χ4n) is 3.63. The van der Waals surface area contributed by atoms with E-state index in [9.17, 15) is 4.79 Å². The van der Waals surface area contributed by atoms with Gasteiger partial charge in [-0.2, -0.15) is 0 Å². The van der Waals surface area contributed by atoms with E-state index in [-0.39, 0.29) is 5.56 Å². The normalized spacial score (nSPS) is 10.9. The lowest BCUT2D eigenvalue weighted by atomic mass is 10.0. The maximum atomic E-state index is 11.2. The number of carbonyl (C=O) groups is 1. The van der Waals surface area contributed by atoms with Crippen LogP contribution in [-0.4, -0.2) is 23.2 Å². The zero-order valence-corrected chi connectivity index (χ0v) is 19.8. The van der Waals surface area contributed by atoms with E-state index in [2.05, 4.69) is 71.5 Å². The second kappa shape index (κ2) is 9.59. The average molecular weight is 485 g/mol. The Labute approximate surface area is 205 Å². The molecule has 5 aromatic rings. The summed E-state index contributed by atoms with van der Waals surface area (Å²) >= 11 is 2.93. The first-order valence-corrected chi connectivity index (χ1v) is 12.2. The van der Waals surface area contributed by atoms with E-state index >= 15 is 0 Å². The molecule has 0 unspecified atom stereocenters. The highest BCUT2D eigenvalue weighted by molar-refractivity contribution is 8.00. The molecule has 4 aromatic carbocycles. The Morgan fingerprint density at radius 2 is 1.65 bits per heavy atom. The van der Waals surface area contributed by atoms with Crippen LogP contribution in [0.1, 0.15) is 10.4 Å². The van der Waals surface area contributed by atoms with Crippen LogP contribution < -0.4 is 9.46 Å². The number of benzene rings is 4. The van der Waals surface area contributed by atoms with Crippen molar-refractivity contribution >= 4 is 45.7 Å². The molecule has 0 saturated heterocycles. The van der Waals surface area contributed by atoms with Crippen LogP contribution in [0.4, 0.5) is 5.69 Å². The van der Waals surface area contributed by atoms with Gasteiger partial charge in [-0.25, -0.2) is 9.78 Å². The summed E-state index contributed by atoms with van der Waals surface area (Å²) in [4.78, 5) is 15.9. The summed E-state index contributed by atoms with van der Waals surface area (Å²) in [5.74, 6) is -0.527. The van der Waals surface area contributed by atoms with Crippen LogP contribution in [0.15, 0.2) is 95.3 Å². The van der Waals surface area contributed by atoms with Crippen molar-refractivity contribution in [2.45, 2.75) is 5.03 Å². The van der Waals surface area contributed by atoms with Gasteiger partial charge in [0, 0.05) is 22.9 Å². The third-order valence-electron chi connectivity index (χ3n) is 5.41. The van der Waals surface area contributed by atoms with Crippen LogP contribution >= 0.6 is 23.3 Å². The van der Waals surface area contributed by atoms with Gasteiger partial charge in [-0.05, 0) is 46.2 Å². The predicted molar refractivity (Wildman–Crippen MR) is 140 cm³/mol. The largest absolute Gasteiger partial charge is 0.495 e. The van der Waals surface area contributed by atoms with E-state index < -0.39 is 5.97 Å². The Balaban J connectivity index is 1.29. The van der Waals surface area contributed by atoms with Crippen molar-refractivity contribution in [3.8, 4) is 27.4 Å². The van der Waals surface area contributed by atoms with E-state index in [4.69, 9.17) is 14.8 Å². The molecule has 0 bridgehead atoms. The Morgan fingerprint density at radius 3 is 2.41 bits per heavy atom. The maximum absolute atomic E-state index is 11.2. The lowest BCUT2D eigenvalue weighted by Gasteiger charge is -2.10. The molecule has 0 atom stereocenters. The lowest BCUT2D eigenvalue weighted by Crippen LogP contribution is -1.99. The second-order valence-electron chi connectivity index (χ2n) is 7.55. The van der Waals surface area contributed by atoms with Gasteiger partial charge in [0.2, 0.25) is 0 Å². The van der Waals surface area contributed by atoms with Gasteiger partial charge in [0.15, 0.2) is 0 Å². The summed E-state index contributed by atoms with van der Waals surface area (Å²) in [7, 11) is 1.51. The summed E-state index contributed by atoms with van der Waals surface area (Å²) in [6, 6.07) is 28.0. The molecule has 0 fully saturated rings. The van der Waals surface area contributed by atoms with Gasteiger partial charge in [0.1, 0.15) is 15.8 Å². The van der Waals surface area contributed by atoms with Crippen LogP contribution in [-0.2, 0) is 0 Å². The smallest absolute Gasteiger partial charge is 0.335 e. The van der Waals surface area contributed by atoms with Crippen molar-refractivity contribution in [1.82, 2.24) is 4.98 Å². The lowest BCUT2D eigenvalue weighted by molar-refractivity contribution is 0.0696. The second-order valence-corrected chi connectivity index (χ2v) is 9.24. The molecule has 1 heterocycles. The number of nitrogens with one attached hydrogen (secondary N) is 1. The molecule has 7 heteroatoms. The number of aromatic carboxylic acids is 1. The Morgan fingerprint density at radius 1 is 0.912 bits per heavy atom. The molecular weight excluding hydrogens is 464 g/mol. The van der Waals surface area contributed by atoms with E-state index in [0.29, 0.717) is 11.4 Å². The third kappa shape index (κ3) is 4.62. The van der Waals surface area contributed by atoms with Crippen molar-refractivity contribution in [3.05, 3.63) is 95.9 Å². The van der Waals surface area contributed by atoms with Gasteiger partial charge in [0.25, 0.3) is 0 Å². The number of thiazole rings is 1. The van der Waals surface area contributed by atoms with Crippen LogP contribution in [0.5, 0.6) is 5.75 Å². The quantitative estimate of drug-likeness (QED) is 0.234. The third-order valence-corrected chi connectivity index (χ3v) is 7.19. The van der Waals surface area contributed by atoms with Crippen LogP contribution in [0, 0.1) is 0 Å². The van der Waals surface area contributed by atoms with Gasteiger partial charge in [-0.15, -0.1) is 11.3 Å². The van der Waals surface area contributed by atoms with E-state index in [0.717, 1.165) is 15.6 Å². The minimum absolute atomic E-state index is 0.176. The van der Waals surface area contributed by atoms with Gasteiger partial charge < -0.3 is 14.6 Å². The van der Waals surface area contributed by atoms with Crippen molar-refractivity contribution in [1.29, 1.82) is 0 Å². The summed E-state index contributed by atoms with van der Waals surface area (Å²) in [5.41, 5.74) is 4.28. The minimum atomic E-state index is -0.992. The Hall–Kier alpha value is -3.81. The van der Waals surface area contributed by atoms with Crippen molar-refractivity contribution in [3.63, 3.8) is 0 Å². The standard InChI is InChI=1S/C27H20N2O3S2/c1-32-24-15-22(27(30)31)12-13-23(24)29-34-25-16-33-26(28-25)19-9-6-18(7-10-19)21-11-8-17-4-2-3-5-20(17)14-21/h2-16,29H,1H3,(H,30,31). The predicted octanol–water partition coefficient (Wildman–Crippen LogP) is 7.46. The number of hydrogen-bond donors (Lipinski definition) is 2.